The number of aryl methyl sites for hydroxylation is 2. The van der Waals surface area contributed by atoms with E-state index >= 15 is 0 Å². The first-order valence-corrected chi connectivity index (χ1v) is 12.4. The third-order valence-corrected chi connectivity index (χ3v) is 7.73. The number of hydrogen-bond donors (Lipinski definition) is 1. The summed E-state index contributed by atoms with van der Waals surface area (Å²) >= 11 is 0. The van der Waals surface area contributed by atoms with Crippen molar-refractivity contribution in [2.45, 2.75) is 24.8 Å². The van der Waals surface area contributed by atoms with E-state index in [1.807, 2.05) is 62.4 Å². The fourth-order valence-electron chi connectivity index (χ4n) is 4.11. The normalized spacial score (nSPS) is 15.5. The maximum Gasteiger partial charge on any atom is 0.267 e. The zero-order valence-corrected chi connectivity index (χ0v) is 19.7. The first kappa shape index (κ1) is 22.0. The van der Waals surface area contributed by atoms with Crippen molar-refractivity contribution in [2.24, 2.45) is 0 Å². The molecule has 0 fully saturated rings. The second kappa shape index (κ2) is 8.50. The molecule has 0 unspecified atom stereocenters. The third-order valence-electron chi connectivity index (χ3n) is 5.93. The molecule has 0 aromatic heterocycles. The number of hydrogen-bond acceptors (Lipinski definition) is 4. The predicted molar refractivity (Wildman–Crippen MR) is 134 cm³/mol. The maximum atomic E-state index is 13.6. The van der Waals surface area contributed by atoms with Gasteiger partial charge in [0.05, 0.1) is 17.1 Å². The Morgan fingerprint density at radius 2 is 1.62 bits per heavy atom. The van der Waals surface area contributed by atoms with Crippen LogP contribution in [0, 0.1) is 13.8 Å². The van der Waals surface area contributed by atoms with E-state index < -0.39 is 22.0 Å². The molecule has 34 heavy (non-hydrogen) atoms. The minimum atomic E-state index is -3.91. The number of fused-ring (bicyclic) bond motifs is 2. The number of sulfonamides is 1. The van der Waals surface area contributed by atoms with Crippen molar-refractivity contribution >= 4 is 38.1 Å². The summed E-state index contributed by atoms with van der Waals surface area (Å²) in [4.78, 5) is 13.5. The molecule has 0 spiro atoms. The molecule has 4 aromatic rings. The zero-order chi connectivity index (χ0) is 23.9. The van der Waals surface area contributed by atoms with E-state index in [0.29, 0.717) is 17.1 Å². The van der Waals surface area contributed by atoms with Gasteiger partial charge in [0.2, 0.25) is 0 Å². The largest absolute Gasteiger partial charge is 0.476 e. The van der Waals surface area contributed by atoms with Crippen LogP contribution in [0.2, 0.25) is 0 Å². The molecule has 0 saturated carbocycles. The van der Waals surface area contributed by atoms with E-state index in [1.54, 1.807) is 36.4 Å². The lowest BCUT2D eigenvalue weighted by Gasteiger charge is -2.35. The van der Waals surface area contributed by atoms with Gasteiger partial charge < -0.3 is 10.1 Å². The molecule has 1 amide bonds. The molecule has 0 bridgehead atoms. The SMILES string of the molecule is Cc1ccc(S(=O)(=O)N2C[C@@H](C(=O)Nc3cccc4ccccc34)Oc3cc(C)ccc32)cc1. The van der Waals surface area contributed by atoms with Crippen LogP contribution in [0.4, 0.5) is 11.4 Å². The molecular weight excluding hydrogens is 448 g/mol. The Bertz CT molecular complexity index is 1490. The molecule has 0 saturated heterocycles. The Kier molecular flexibility index (Phi) is 5.49. The van der Waals surface area contributed by atoms with E-state index in [2.05, 4.69) is 5.32 Å². The van der Waals surface area contributed by atoms with E-state index in [-0.39, 0.29) is 11.4 Å². The number of amides is 1. The molecule has 172 valence electrons. The van der Waals surface area contributed by atoms with Gasteiger partial charge in [-0.25, -0.2) is 8.42 Å². The molecule has 4 aromatic carbocycles. The van der Waals surface area contributed by atoms with Crippen molar-refractivity contribution in [3.63, 3.8) is 0 Å². The Hall–Kier alpha value is -3.84. The Morgan fingerprint density at radius 1 is 0.912 bits per heavy atom. The van der Waals surface area contributed by atoms with Crippen molar-refractivity contribution in [3.05, 3.63) is 96.1 Å². The maximum absolute atomic E-state index is 13.6. The van der Waals surface area contributed by atoms with E-state index in [4.69, 9.17) is 4.74 Å². The van der Waals surface area contributed by atoms with E-state index in [1.165, 1.54) is 4.31 Å². The topological polar surface area (TPSA) is 75.7 Å². The van der Waals surface area contributed by atoms with Crippen LogP contribution in [0.25, 0.3) is 10.8 Å². The summed E-state index contributed by atoms with van der Waals surface area (Å²) in [7, 11) is -3.91. The fourth-order valence-corrected chi connectivity index (χ4v) is 5.59. The zero-order valence-electron chi connectivity index (χ0n) is 18.9. The highest BCUT2D eigenvalue weighted by Gasteiger charge is 2.37. The minimum absolute atomic E-state index is 0.136. The van der Waals surface area contributed by atoms with Gasteiger partial charge in [0.1, 0.15) is 5.75 Å². The van der Waals surface area contributed by atoms with Crippen molar-refractivity contribution in [1.29, 1.82) is 0 Å². The summed E-state index contributed by atoms with van der Waals surface area (Å²) < 4.78 is 34.5. The second-order valence-corrected chi connectivity index (χ2v) is 10.3. The Balaban J connectivity index is 1.51. The van der Waals surface area contributed by atoms with Crippen molar-refractivity contribution in [1.82, 2.24) is 0 Å². The number of benzene rings is 4. The summed E-state index contributed by atoms with van der Waals surface area (Å²) in [6, 6.07) is 25.4. The molecule has 1 aliphatic rings. The molecular formula is C27H24N2O4S. The highest BCUT2D eigenvalue weighted by atomic mass is 32.2. The first-order chi connectivity index (χ1) is 16.3. The van der Waals surface area contributed by atoms with Gasteiger partial charge in [-0.1, -0.05) is 60.2 Å². The van der Waals surface area contributed by atoms with Crippen LogP contribution >= 0.6 is 0 Å². The summed E-state index contributed by atoms with van der Waals surface area (Å²) in [6.45, 7) is 3.65. The van der Waals surface area contributed by atoms with Gasteiger partial charge in [0.25, 0.3) is 15.9 Å². The monoisotopic (exact) mass is 472 g/mol. The van der Waals surface area contributed by atoms with Crippen LogP contribution in [0.5, 0.6) is 5.75 Å². The molecule has 1 atom stereocenters. The Labute approximate surface area is 198 Å². The van der Waals surface area contributed by atoms with Gasteiger partial charge >= 0.3 is 0 Å². The van der Waals surface area contributed by atoms with Gasteiger partial charge in [-0.15, -0.1) is 0 Å². The first-order valence-electron chi connectivity index (χ1n) is 11.0. The average molecular weight is 473 g/mol. The number of rotatable bonds is 4. The van der Waals surface area contributed by atoms with Crippen molar-refractivity contribution < 1.29 is 17.9 Å². The summed E-state index contributed by atoms with van der Waals surface area (Å²) in [5.41, 5.74) is 2.93. The molecule has 0 radical (unpaired) electrons. The minimum Gasteiger partial charge on any atom is -0.476 e. The van der Waals surface area contributed by atoms with Gasteiger partial charge in [-0.05, 0) is 55.1 Å². The van der Waals surface area contributed by atoms with Gasteiger partial charge in [-0.3, -0.25) is 9.10 Å². The number of ether oxygens (including phenoxy) is 1. The number of nitrogens with zero attached hydrogens (tertiary/aromatic N) is 1. The van der Waals surface area contributed by atoms with Gasteiger partial charge in [0.15, 0.2) is 6.10 Å². The highest BCUT2D eigenvalue weighted by molar-refractivity contribution is 7.92. The van der Waals surface area contributed by atoms with Crippen molar-refractivity contribution in [2.75, 3.05) is 16.2 Å². The number of anilines is 2. The summed E-state index contributed by atoms with van der Waals surface area (Å²) in [5.74, 6) is -0.0485. The van der Waals surface area contributed by atoms with E-state index in [9.17, 15) is 13.2 Å². The van der Waals surface area contributed by atoms with Gasteiger partial charge in [-0.2, -0.15) is 0 Å². The van der Waals surface area contributed by atoms with Crippen LogP contribution in [-0.4, -0.2) is 27.0 Å². The van der Waals surface area contributed by atoms with Crippen molar-refractivity contribution in [3.8, 4) is 5.75 Å². The molecule has 7 heteroatoms. The molecule has 1 N–H and O–H groups in total. The van der Waals surface area contributed by atoms with E-state index in [0.717, 1.165) is 21.9 Å². The lowest BCUT2D eigenvalue weighted by molar-refractivity contribution is -0.122. The Morgan fingerprint density at radius 3 is 2.41 bits per heavy atom. The molecule has 1 heterocycles. The standard InChI is InChI=1S/C27H24N2O4S/c1-18-10-13-21(14-11-18)34(31,32)29-17-26(33-25-16-19(2)12-15-24(25)29)27(30)28-23-9-5-7-20-6-3-4-8-22(20)23/h3-16,26H,17H2,1-2H3,(H,28,30)/t26-/m0/s1. The van der Waals surface area contributed by atoms with Crippen LogP contribution in [0.3, 0.4) is 0 Å². The predicted octanol–water partition coefficient (Wildman–Crippen LogP) is 5.05. The molecule has 5 rings (SSSR count). The number of nitrogens with one attached hydrogen (secondary N) is 1. The lowest BCUT2D eigenvalue weighted by atomic mass is 10.1. The fraction of sp³-hybridized carbons (Fsp3) is 0.148. The van der Waals surface area contributed by atoms with Crippen LogP contribution in [-0.2, 0) is 14.8 Å². The molecule has 1 aliphatic heterocycles. The molecule has 0 aliphatic carbocycles. The molecule has 6 nitrogen and oxygen atoms in total. The summed E-state index contributed by atoms with van der Waals surface area (Å²) in [5, 5.41) is 4.83. The van der Waals surface area contributed by atoms with Crippen LogP contribution < -0.4 is 14.4 Å². The number of carbonyl (C=O) groups excluding carboxylic acids is 1. The van der Waals surface area contributed by atoms with Crippen LogP contribution in [0.1, 0.15) is 11.1 Å². The quantitative estimate of drug-likeness (QED) is 0.451. The smallest absolute Gasteiger partial charge is 0.267 e. The second-order valence-electron chi connectivity index (χ2n) is 8.44. The lowest BCUT2D eigenvalue weighted by Crippen LogP contribution is -2.48. The third kappa shape index (κ3) is 3.99. The summed E-state index contributed by atoms with van der Waals surface area (Å²) in [6.07, 6.45) is -1.02. The number of carbonyl (C=O) groups is 1. The van der Waals surface area contributed by atoms with Gasteiger partial charge in [0, 0.05) is 11.1 Å². The highest BCUT2D eigenvalue weighted by Crippen LogP contribution is 2.38. The van der Waals surface area contributed by atoms with Crippen LogP contribution in [0.15, 0.2) is 89.8 Å². The average Bonchev–Trinajstić information content (AvgIpc) is 2.83.